The van der Waals surface area contributed by atoms with Gasteiger partial charge in [-0.25, -0.2) is 9.18 Å². The quantitative estimate of drug-likeness (QED) is 0.390. The molecule has 1 aliphatic rings. The Morgan fingerprint density at radius 3 is 2.35 bits per heavy atom. The van der Waals surface area contributed by atoms with Crippen molar-refractivity contribution >= 4 is 22.5 Å². The normalized spacial score (nSPS) is 14.4. The molecule has 0 aliphatic carbocycles. The Morgan fingerprint density at radius 2 is 1.68 bits per heavy atom. The van der Waals surface area contributed by atoms with E-state index in [1.54, 1.807) is 22.8 Å². The summed E-state index contributed by atoms with van der Waals surface area (Å²) in [5.41, 5.74) is 4.81. The van der Waals surface area contributed by atoms with Crippen LogP contribution in [0.25, 0.3) is 11.1 Å². The molecule has 0 atom stereocenters. The number of nitrogens with one attached hydrogen (secondary N) is 1. The van der Waals surface area contributed by atoms with Crippen LogP contribution in [0.3, 0.4) is 0 Å². The number of anilines is 2. The molecular formula is C22H29FN4O4. The number of rotatable bonds is 7. The van der Waals surface area contributed by atoms with E-state index in [1.165, 1.54) is 12.1 Å². The number of aliphatic hydroxyl groups excluding tert-OH is 1. The number of halogens is 1. The van der Waals surface area contributed by atoms with Gasteiger partial charge in [0, 0.05) is 51.6 Å². The second-order valence-electron chi connectivity index (χ2n) is 7.33. The summed E-state index contributed by atoms with van der Waals surface area (Å²) < 4.78 is 20.0. The number of hydrogen-bond donors (Lipinski definition) is 3. The number of hydrogen-bond acceptors (Lipinski definition) is 7. The summed E-state index contributed by atoms with van der Waals surface area (Å²) >= 11 is 0. The van der Waals surface area contributed by atoms with Gasteiger partial charge < -0.3 is 14.4 Å². The molecule has 0 bridgehead atoms. The number of fused-ring (bicyclic) bond motifs is 1. The van der Waals surface area contributed by atoms with Crippen LogP contribution in [-0.4, -0.2) is 59.6 Å². The molecule has 3 N–H and O–H groups in total. The topological polar surface area (TPSA) is 94.1 Å². The van der Waals surface area contributed by atoms with Crippen LogP contribution < -0.4 is 16.1 Å². The van der Waals surface area contributed by atoms with Gasteiger partial charge in [-0.15, -0.1) is 0 Å². The Hall–Kier alpha value is -2.88. The summed E-state index contributed by atoms with van der Waals surface area (Å²) in [4.78, 5) is 16.8. The van der Waals surface area contributed by atoms with E-state index in [9.17, 15) is 9.18 Å². The number of aliphatic hydroxyl groups is 1. The van der Waals surface area contributed by atoms with E-state index in [-0.39, 0.29) is 11.6 Å². The van der Waals surface area contributed by atoms with E-state index in [1.807, 2.05) is 12.1 Å². The van der Waals surface area contributed by atoms with Crippen molar-refractivity contribution in [3.8, 4) is 0 Å². The smallest absolute Gasteiger partial charge is 0.408 e. The Labute approximate surface area is 180 Å². The van der Waals surface area contributed by atoms with Crippen LogP contribution >= 0.6 is 0 Å². The van der Waals surface area contributed by atoms with Crippen molar-refractivity contribution in [1.82, 2.24) is 9.47 Å². The average Bonchev–Trinajstić information content (AvgIpc) is 3.13. The van der Waals surface area contributed by atoms with Crippen LogP contribution in [0, 0.1) is 5.82 Å². The molecular weight excluding hydrogens is 403 g/mol. The Balaban J connectivity index is 0.00000132. The van der Waals surface area contributed by atoms with Gasteiger partial charge >= 0.3 is 5.76 Å². The maximum Gasteiger partial charge on any atom is 0.419 e. The third-order valence-electron chi connectivity index (χ3n) is 5.47. The minimum atomic E-state index is -0.372. The molecule has 0 unspecified atom stereocenters. The number of nitrogens with zero attached hydrogens (tertiary/aromatic N) is 3. The van der Waals surface area contributed by atoms with Crippen molar-refractivity contribution in [2.24, 2.45) is 0 Å². The molecule has 1 aliphatic heterocycles. The lowest BCUT2D eigenvalue weighted by Gasteiger charge is -2.36. The monoisotopic (exact) mass is 432 g/mol. The van der Waals surface area contributed by atoms with Gasteiger partial charge in [0.15, 0.2) is 5.58 Å². The van der Waals surface area contributed by atoms with Crippen molar-refractivity contribution in [1.29, 1.82) is 0 Å². The fourth-order valence-corrected chi connectivity index (χ4v) is 3.83. The highest BCUT2D eigenvalue weighted by Gasteiger charge is 2.17. The minimum absolute atomic E-state index is 0.206. The standard InChI is InChI=1S/C21H25FN4O3.CH4O/c22-16-3-6-18(7-4-16)25-13-11-24(12-14-25)9-1-2-10-26-19-8-5-17(23-28)15-20(19)29-21(26)27;1-2/h3-8,15,23,28H,1-2,9-14H2;2H,1H3. The van der Waals surface area contributed by atoms with Crippen LogP contribution in [0.4, 0.5) is 15.8 Å². The zero-order valence-corrected chi connectivity index (χ0v) is 17.6. The van der Waals surface area contributed by atoms with E-state index >= 15 is 0 Å². The molecule has 1 fully saturated rings. The van der Waals surface area contributed by atoms with Gasteiger partial charge in [0.2, 0.25) is 0 Å². The lowest BCUT2D eigenvalue weighted by Crippen LogP contribution is -2.46. The molecule has 3 aromatic rings. The van der Waals surface area contributed by atoms with Crippen LogP contribution in [0.2, 0.25) is 0 Å². The molecule has 0 spiro atoms. The number of oxazole rings is 1. The minimum Gasteiger partial charge on any atom is -0.408 e. The molecule has 0 radical (unpaired) electrons. The fourth-order valence-electron chi connectivity index (χ4n) is 3.83. The lowest BCUT2D eigenvalue weighted by molar-refractivity contribution is 0.251. The highest BCUT2D eigenvalue weighted by atomic mass is 19.1. The molecule has 2 heterocycles. The van der Waals surface area contributed by atoms with E-state index in [0.717, 1.165) is 63.9 Å². The Bertz CT molecular complexity index is 1010. The van der Waals surface area contributed by atoms with E-state index in [2.05, 4.69) is 15.3 Å². The summed E-state index contributed by atoms with van der Waals surface area (Å²) in [5.74, 6) is -0.578. The lowest BCUT2D eigenvalue weighted by atomic mass is 10.2. The molecule has 0 amide bonds. The van der Waals surface area contributed by atoms with E-state index < -0.39 is 0 Å². The molecule has 1 aromatic heterocycles. The van der Waals surface area contributed by atoms with Gasteiger partial charge in [-0.05, 0) is 55.8 Å². The van der Waals surface area contributed by atoms with Crippen molar-refractivity contribution in [2.75, 3.05) is 50.2 Å². The second-order valence-corrected chi connectivity index (χ2v) is 7.33. The molecule has 8 nitrogen and oxygen atoms in total. The number of aryl methyl sites for hydroxylation is 1. The van der Waals surface area contributed by atoms with Gasteiger partial charge in [-0.3, -0.25) is 20.2 Å². The summed E-state index contributed by atoms with van der Waals surface area (Å²) in [7, 11) is 1.00. The maximum absolute atomic E-state index is 13.1. The Kier molecular flexibility index (Phi) is 8.05. The average molecular weight is 432 g/mol. The zero-order chi connectivity index (χ0) is 22.2. The van der Waals surface area contributed by atoms with Crippen molar-refractivity contribution in [3.05, 3.63) is 58.8 Å². The predicted molar refractivity (Wildman–Crippen MR) is 118 cm³/mol. The molecule has 0 saturated carbocycles. The predicted octanol–water partition coefficient (Wildman–Crippen LogP) is 2.75. The molecule has 1 saturated heterocycles. The van der Waals surface area contributed by atoms with Gasteiger partial charge in [-0.1, -0.05) is 0 Å². The van der Waals surface area contributed by atoms with Crippen molar-refractivity contribution < 1.29 is 19.1 Å². The largest absolute Gasteiger partial charge is 0.419 e. The third kappa shape index (κ3) is 5.63. The molecule has 2 aromatic carbocycles. The van der Waals surface area contributed by atoms with Crippen LogP contribution in [0.1, 0.15) is 12.8 Å². The van der Waals surface area contributed by atoms with Gasteiger partial charge in [0.25, 0.3) is 0 Å². The maximum atomic E-state index is 13.1. The first-order valence-electron chi connectivity index (χ1n) is 10.3. The second kappa shape index (κ2) is 10.9. The van der Waals surface area contributed by atoms with Gasteiger partial charge in [-0.2, -0.15) is 0 Å². The number of benzene rings is 2. The number of unbranched alkanes of at least 4 members (excludes halogenated alkanes) is 1. The van der Waals surface area contributed by atoms with Crippen molar-refractivity contribution in [3.63, 3.8) is 0 Å². The van der Waals surface area contributed by atoms with Crippen LogP contribution in [0.15, 0.2) is 51.7 Å². The SMILES string of the molecule is CO.O=c1oc2cc(NO)ccc2n1CCCCN1CCN(c2ccc(F)cc2)CC1. The van der Waals surface area contributed by atoms with Crippen LogP contribution in [0.5, 0.6) is 0 Å². The van der Waals surface area contributed by atoms with E-state index in [0.29, 0.717) is 17.8 Å². The molecule has 31 heavy (non-hydrogen) atoms. The first-order chi connectivity index (χ1) is 15.1. The summed E-state index contributed by atoms with van der Waals surface area (Å²) in [6.07, 6.45) is 1.87. The van der Waals surface area contributed by atoms with Gasteiger partial charge in [0.1, 0.15) is 5.82 Å². The summed E-state index contributed by atoms with van der Waals surface area (Å²) in [6.45, 7) is 5.40. The highest BCUT2D eigenvalue weighted by molar-refractivity contribution is 5.77. The number of piperazine rings is 1. The van der Waals surface area contributed by atoms with Crippen molar-refractivity contribution in [2.45, 2.75) is 19.4 Å². The molecule has 9 heteroatoms. The van der Waals surface area contributed by atoms with Gasteiger partial charge in [0.05, 0.1) is 11.2 Å². The Morgan fingerprint density at radius 1 is 1.00 bits per heavy atom. The van der Waals surface area contributed by atoms with Crippen LogP contribution in [-0.2, 0) is 6.54 Å². The third-order valence-corrected chi connectivity index (χ3v) is 5.47. The summed E-state index contributed by atoms with van der Waals surface area (Å²) in [5, 5.41) is 16.0. The first-order valence-corrected chi connectivity index (χ1v) is 10.3. The highest BCUT2D eigenvalue weighted by Crippen LogP contribution is 2.19. The number of aromatic nitrogens is 1. The zero-order valence-electron chi connectivity index (χ0n) is 17.6. The van der Waals surface area contributed by atoms with E-state index in [4.69, 9.17) is 14.7 Å². The summed E-state index contributed by atoms with van der Waals surface area (Å²) in [6, 6.07) is 11.7. The fraction of sp³-hybridized carbons (Fsp3) is 0.409. The molecule has 168 valence electrons. The first kappa shape index (κ1) is 22.8. The molecule has 4 rings (SSSR count).